The van der Waals surface area contributed by atoms with Crippen LogP contribution in [0.3, 0.4) is 0 Å². The van der Waals surface area contributed by atoms with E-state index in [4.69, 9.17) is 0 Å². The summed E-state index contributed by atoms with van der Waals surface area (Å²) in [6, 6.07) is 6.94. The zero-order valence-corrected chi connectivity index (χ0v) is 12.5. The highest BCUT2D eigenvalue weighted by Crippen LogP contribution is 2.35. The second-order valence-electron chi connectivity index (χ2n) is 5.46. The number of para-hydroxylation sites is 1. The van der Waals surface area contributed by atoms with Crippen LogP contribution in [-0.4, -0.2) is 23.1 Å². The van der Waals surface area contributed by atoms with Crippen LogP contribution in [0.4, 0.5) is 30.6 Å². The van der Waals surface area contributed by atoms with Crippen LogP contribution in [0.2, 0.25) is 0 Å². The lowest BCUT2D eigenvalue weighted by atomic mass is 10.1. The first-order valence-electron chi connectivity index (χ1n) is 7.55. The summed E-state index contributed by atoms with van der Waals surface area (Å²) in [5.41, 5.74) is -0.721. The Bertz CT molecular complexity index is 666. The van der Waals surface area contributed by atoms with Crippen LogP contribution in [0, 0.1) is 0 Å². The number of aromatic nitrogens is 2. The molecule has 4 nitrogen and oxygen atoms in total. The molecule has 1 aliphatic rings. The highest BCUT2D eigenvalue weighted by atomic mass is 19.4. The van der Waals surface area contributed by atoms with Gasteiger partial charge in [0.25, 0.3) is 0 Å². The van der Waals surface area contributed by atoms with E-state index < -0.39 is 11.7 Å². The number of hydrogen-bond acceptors (Lipinski definition) is 4. The van der Waals surface area contributed by atoms with Crippen molar-refractivity contribution in [1.82, 2.24) is 9.97 Å². The van der Waals surface area contributed by atoms with Crippen LogP contribution in [0.1, 0.15) is 24.8 Å². The van der Waals surface area contributed by atoms with Gasteiger partial charge in [0.2, 0.25) is 5.95 Å². The number of hydrogen-bond donors (Lipinski definition) is 1. The number of alkyl halides is 3. The Morgan fingerprint density at radius 3 is 2.48 bits per heavy atom. The van der Waals surface area contributed by atoms with E-state index in [1.54, 1.807) is 18.3 Å². The van der Waals surface area contributed by atoms with Crippen molar-refractivity contribution >= 4 is 17.5 Å². The number of nitrogens with zero attached hydrogens (tertiary/aromatic N) is 3. The van der Waals surface area contributed by atoms with E-state index in [9.17, 15) is 13.2 Å². The maximum atomic E-state index is 13.0. The smallest absolute Gasteiger partial charge is 0.341 e. The average Bonchev–Trinajstić information content (AvgIpc) is 2.55. The van der Waals surface area contributed by atoms with Gasteiger partial charge in [-0.25, -0.2) is 4.98 Å². The zero-order chi connectivity index (χ0) is 16.3. The molecule has 0 spiro atoms. The fourth-order valence-electron chi connectivity index (χ4n) is 2.64. The number of halogens is 3. The van der Waals surface area contributed by atoms with Gasteiger partial charge in [0.15, 0.2) is 0 Å². The summed E-state index contributed by atoms with van der Waals surface area (Å²) in [5.74, 6) is 0.913. The molecule has 0 amide bonds. The predicted molar refractivity (Wildman–Crippen MR) is 82.8 cm³/mol. The van der Waals surface area contributed by atoms with Crippen LogP contribution < -0.4 is 10.2 Å². The molecule has 0 bridgehead atoms. The summed E-state index contributed by atoms with van der Waals surface area (Å²) >= 11 is 0. The Morgan fingerprint density at radius 1 is 1.00 bits per heavy atom. The summed E-state index contributed by atoms with van der Waals surface area (Å²) in [4.78, 5) is 10.6. The lowest BCUT2D eigenvalue weighted by Crippen LogP contribution is -2.31. The largest absolute Gasteiger partial charge is 0.418 e. The molecule has 1 aromatic carbocycles. The van der Waals surface area contributed by atoms with Crippen molar-refractivity contribution in [3.8, 4) is 0 Å². The molecule has 1 N–H and O–H groups in total. The second kappa shape index (κ2) is 6.44. The molecule has 7 heteroatoms. The van der Waals surface area contributed by atoms with Gasteiger partial charge in [0.1, 0.15) is 5.82 Å². The first-order valence-corrected chi connectivity index (χ1v) is 7.55. The van der Waals surface area contributed by atoms with E-state index in [1.807, 2.05) is 0 Å². The summed E-state index contributed by atoms with van der Waals surface area (Å²) in [6.45, 7) is 1.76. The summed E-state index contributed by atoms with van der Waals surface area (Å²) < 4.78 is 39.1. The molecule has 0 radical (unpaired) electrons. The van der Waals surface area contributed by atoms with Gasteiger partial charge in [-0.2, -0.15) is 18.2 Å². The third kappa shape index (κ3) is 3.72. The summed E-state index contributed by atoms with van der Waals surface area (Å²) in [5, 5.41) is 2.76. The molecular weight excluding hydrogens is 305 g/mol. The number of anilines is 3. The van der Waals surface area contributed by atoms with Gasteiger partial charge in [0, 0.05) is 19.3 Å². The molecule has 122 valence electrons. The molecule has 1 aromatic heterocycles. The van der Waals surface area contributed by atoms with Gasteiger partial charge in [-0.3, -0.25) is 0 Å². The summed E-state index contributed by atoms with van der Waals surface area (Å²) in [6.07, 6.45) is 0.505. The molecule has 0 aliphatic carbocycles. The van der Waals surface area contributed by atoms with Crippen molar-refractivity contribution in [2.45, 2.75) is 25.4 Å². The number of piperidine rings is 1. The molecule has 0 unspecified atom stereocenters. The highest BCUT2D eigenvalue weighted by Gasteiger charge is 2.33. The predicted octanol–water partition coefficient (Wildman–Crippen LogP) is 4.23. The Morgan fingerprint density at radius 2 is 1.74 bits per heavy atom. The molecule has 1 fully saturated rings. The third-order valence-electron chi connectivity index (χ3n) is 3.78. The van der Waals surface area contributed by atoms with Gasteiger partial charge in [-0.15, -0.1) is 0 Å². The van der Waals surface area contributed by atoms with Gasteiger partial charge >= 0.3 is 6.18 Å². The van der Waals surface area contributed by atoms with Crippen molar-refractivity contribution < 1.29 is 13.2 Å². The lowest BCUT2D eigenvalue weighted by molar-refractivity contribution is -0.136. The van der Waals surface area contributed by atoms with Crippen molar-refractivity contribution in [3.63, 3.8) is 0 Å². The molecule has 0 atom stereocenters. The molecule has 3 rings (SSSR count). The lowest BCUT2D eigenvalue weighted by Gasteiger charge is -2.26. The topological polar surface area (TPSA) is 41.1 Å². The van der Waals surface area contributed by atoms with Gasteiger partial charge < -0.3 is 10.2 Å². The maximum absolute atomic E-state index is 13.0. The van der Waals surface area contributed by atoms with Gasteiger partial charge in [0.05, 0.1) is 11.3 Å². The van der Waals surface area contributed by atoms with Crippen LogP contribution in [0.15, 0.2) is 36.5 Å². The molecule has 23 heavy (non-hydrogen) atoms. The van der Waals surface area contributed by atoms with Crippen LogP contribution >= 0.6 is 0 Å². The summed E-state index contributed by atoms with van der Waals surface area (Å²) in [7, 11) is 0. The first-order chi connectivity index (χ1) is 11.0. The Labute approximate surface area is 132 Å². The Balaban J connectivity index is 1.84. The normalized spacial score (nSPS) is 15.5. The SMILES string of the molecule is FC(F)(F)c1ccccc1Nc1ccnc(N2CCCCC2)n1. The minimum Gasteiger partial charge on any atom is -0.341 e. The minimum atomic E-state index is -4.41. The Hall–Kier alpha value is -2.31. The van der Waals surface area contributed by atoms with Crippen LogP contribution in [0.5, 0.6) is 0 Å². The number of rotatable bonds is 3. The maximum Gasteiger partial charge on any atom is 0.418 e. The van der Waals surface area contributed by atoms with E-state index in [0.29, 0.717) is 11.8 Å². The molecule has 0 saturated carbocycles. The molecule has 1 saturated heterocycles. The average molecular weight is 322 g/mol. The van der Waals surface area contributed by atoms with Crippen molar-refractivity contribution in [1.29, 1.82) is 0 Å². The van der Waals surface area contributed by atoms with Crippen molar-refractivity contribution in [2.75, 3.05) is 23.3 Å². The quantitative estimate of drug-likeness (QED) is 0.918. The van der Waals surface area contributed by atoms with Gasteiger partial charge in [-0.1, -0.05) is 12.1 Å². The number of nitrogens with one attached hydrogen (secondary N) is 1. The van der Waals surface area contributed by atoms with E-state index >= 15 is 0 Å². The van der Waals surface area contributed by atoms with Crippen molar-refractivity contribution in [2.24, 2.45) is 0 Å². The fourth-order valence-corrected chi connectivity index (χ4v) is 2.64. The van der Waals surface area contributed by atoms with E-state index in [2.05, 4.69) is 20.2 Å². The molecule has 2 heterocycles. The second-order valence-corrected chi connectivity index (χ2v) is 5.46. The van der Waals surface area contributed by atoms with Crippen LogP contribution in [0.25, 0.3) is 0 Å². The van der Waals surface area contributed by atoms with E-state index in [1.165, 1.54) is 18.6 Å². The molecule has 2 aromatic rings. The zero-order valence-electron chi connectivity index (χ0n) is 12.5. The first kappa shape index (κ1) is 15.6. The highest BCUT2D eigenvalue weighted by molar-refractivity contribution is 5.62. The third-order valence-corrected chi connectivity index (χ3v) is 3.78. The Kier molecular flexibility index (Phi) is 4.36. The molecule has 1 aliphatic heterocycles. The minimum absolute atomic E-state index is 0.0108. The monoisotopic (exact) mass is 322 g/mol. The van der Waals surface area contributed by atoms with E-state index in [0.717, 1.165) is 32.0 Å². The molecular formula is C16H17F3N4. The fraction of sp³-hybridized carbons (Fsp3) is 0.375. The standard InChI is InChI=1S/C16H17F3N4/c17-16(18,19)12-6-2-3-7-13(12)21-14-8-9-20-15(22-14)23-10-4-1-5-11-23/h2-3,6-9H,1,4-5,10-11H2,(H,20,21,22). The van der Waals surface area contributed by atoms with Crippen LogP contribution in [-0.2, 0) is 6.18 Å². The van der Waals surface area contributed by atoms with Gasteiger partial charge in [-0.05, 0) is 37.5 Å². The number of benzene rings is 1. The van der Waals surface area contributed by atoms with E-state index in [-0.39, 0.29) is 5.69 Å². The van der Waals surface area contributed by atoms with Crippen molar-refractivity contribution in [3.05, 3.63) is 42.1 Å².